The molecule has 6 aromatic carbocycles. The number of rotatable bonds is 28. The fraction of sp³-hybridized carbons (Fsp3) is 0.191. The van der Waals surface area contributed by atoms with Crippen molar-refractivity contribution in [3.8, 4) is 23.0 Å². The van der Waals surface area contributed by atoms with Crippen molar-refractivity contribution in [3.63, 3.8) is 0 Å². The van der Waals surface area contributed by atoms with E-state index in [-0.39, 0.29) is 281 Å². The van der Waals surface area contributed by atoms with Crippen LogP contribution in [0.4, 0.5) is 57.9 Å². The standard InChI is InChI=1S/C47H43Cl2N14O22S6.6Na/c1-22-16-30(34(82-3)21-35(22)89(72,73)74)62-63-38-36(90(75,76)77)20-27-26(39(38)64)8-10-29(41(27)91(78,79)80)52-46-56-42(48)54-44(58-46)50-12-4-5-13-51-45-55-43(49)57-47(59-45)53-32-19-25(88(69,70)71)17-23-6-9-28(40(65)37(23)32)60-61-31-18-24(7-11-33(31)81-2)87(67,68)15-14-83-86-85-84-66;;;;;;/h6-8,10-11,16-21,64-66H,4-5,12-15H2,1-3H3,(H,69,70,71)(H,72,73,74)(H,75,76,77)(H,78,79,80)(H2,50,52,54,56,58)(H2,51,53,55,57,59);;;;;;/q-1;6*+1/p-5. The second kappa shape index (κ2) is 39.1. The van der Waals surface area contributed by atoms with Crippen LogP contribution in [0.1, 0.15) is 18.4 Å². The number of aromatic nitrogens is 6. The number of azo groups is 2. The van der Waals surface area contributed by atoms with Gasteiger partial charge in [-0.05, 0) is 97.1 Å². The topological polar surface area (TPSA) is 548 Å². The number of hydrogen-bond acceptors (Lipinski definition) is 37. The van der Waals surface area contributed by atoms with Gasteiger partial charge < -0.3 is 64.4 Å². The Hall–Kier alpha value is -2.18. The van der Waals surface area contributed by atoms with E-state index in [1.165, 1.54) is 32.2 Å². The molecule has 6 N–H and O–H groups in total. The number of phenols is 2. The molecule has 0 aliphatic heterocycles. The van der Waals surface area contributed by atoms with Crippen LogP contribution in [0.15, 0.2) is 112 Å². The summed E-state index contributed by atoms with van der Waals surface area (Å²) >= 11 is 12.5. The maximum absolute atomic E-state index is 13.0. The molecule has 97 heavy (non-hydrogen) atoms. The van der Waals surface area contributed by atoms with Gasteiger partial charge in [0.15, 0.2) is 27.9 Å². The van der Waals surface area contributed by atoms with Gasteiger partial charge in [-0.3, -0.25) is 9.22 Å². The molecule has 0 atom stereocenters. The predicted molar refractivity (Wildman–Crippen MR) is 311 cm³/mol. The molecule has 0 aliphatic carbocycles. The summed E-state index contributed by atoms with van der Waals surface area (Å²) in [7, 11) is -23.2. The number of nitrogens with one attached hydrogen (secondary N) is 4. The molecule has 2 heterocycles. The minimum atomic E-state index is -5.69. The van der Waals surface area contributed by atoms with Crippen molar-refractivity contribution >= 4 is 165 Å². The van der Waals surface area contributed by atoms with E-state index in [0.717, 1.165) is 49.6 Å². The summed E-state index contributed by atoms with van der Waals surface area (Å²) in [6.07, 6.45) is 0.694. The maximum atomic E-state index is 13.0. The number of phenolic OH excluding ortho intramolecular Hbond substituents is 2. The number of aromatic hydroxyl groups is 2. The molecule has 36 nitrogen and oxygen atoms in total. The molecular weight excluding hydrogens is 1510 g/mol. The summed E-state index contributed by atoms with van der Waals surface area (Å²) < 4.78 is 194. The third-order valence-electron chi connectivity index (χ3n) is 12.1. The first-order chi connectivity index (χ1) is 42.8. The van der Waals surface area contributed by atoms with Gasteiger partial charge in [0.1, 0.15) is 69.0 Å². The number of fused-ring (bicyclic) bond motifs is 2. The molecule has 0 saturated heterocycles. The van der Waals surface area contributed by atoms with E-state index >= 15 is 0 Å². The summed E-state index contributed by atoms with van der Waals surface area (Å²) in [6.45, 7) is 1.07. The number of halogens is 2. The van der Waals surface area contributed by atoms with E-state index in [0.29, 0.717) is 18.9 Å². The van der Waals surface area contributed by atoms with Gasteiger partial charge in [-0.1, -0.05) is 11.5 Å². The van der Waals surface area contributed by atoms with E-state index in [2.05, 4.69) is 87.1 Å². The second-order valence-corrected chi connectivity index (χ2v) is 26.7. The molecule has 0 aliphatic rings. The molecule has 50 heteroatoms. The Balaban J connectivity index is 0.00000534. The van der Waals surface area contributed by atoms with Crippen LogP contribution in [0, 0.1) is 13.0 Å². The predicted octanol–water partition coefficient (Wildman–Crippen LogP) is -12.0. The summed E-state index contributed by atoms with van der Waals surface area (Å²) in [5.41, 5.74) is -2.83. The Morgan fingerprint density at radius 2 is 1.14 bits per heavy atom. The Morgan fingerprint density at radius 1 is 0.588 bits per heavy atom. The van der Waals surface area contributed by atoms with Crippen LogP contribution in [-0.2, 0) is 63.9 Å². The van der Waals surface area contributed by atoms with Crippen molar-refractivity contribution < 1.29 is 276 Å². The fourth-order valence-corrected chi connectivity index (χ4v) is 12.7. The third-order valence-corrected chi connectivity index (χ3v) is 18.1. The normalized spacial score (nSPS) is 11.7. The van der Waals surface area contributed by atoms with Crippen molar-refractivity contribution in [2.75, 3.05) is 60.9 Å². The Kier molecular flexibility index (Phi) is 36.6. The molecule has 8 rings (SSSR count). The van der Waals surface area contributed by atoms with Gasteiger partial charge in [-0.25, -0.2) is 42.1 Å². The Labute approximate surface area is 698 Å². The summed E-state index contributed by atoms with van der Waals surface area (Å²) in [5.74, 6) is -3.80. The molecule has 0 radical (unpaired) electrons. The monoisotopic (exact) mass is 1550 g/mol. The van der Waals surface area contributed by atoms with Crippen molar-refractivity contribution in [2.24, 2.45) is 20.5 Å². The first-order valence-corrected chi connectivity index (χ1v) is 33.4. The van der Waals surface area contributed by atoms with Gasteiger partial charge in [-0.15, -0.1) is 25.1 Å². The van der Waals surface area contributed by atoms with E-state index in [9.17, 15) is 75.8 Å². The van der Waals surface area contributed by atoms with Crippen LogP contribution in [0.3, 0.4) is 0 Å². The molecular formula is C47H38Cl2N14Na6O22S6. The van der Waals surface area contributed by atoms with E-state index in [4.69, 9.17) is 36.9 Å². The van der Waals surface area contributed by atoms with Gasteiger partial charge >= 0.3 is 177 Å². The van der Waals surface area contributed by atoms with Crippen LogP contribution < -0.4 is 213 Å². The molecule has 0 saturated carbocycles. The fourth-order valence-electron chi connectivity index (χ4n) is 8.22. The molecule has 2 aromatic heterocycles. The van der Waals surface area contributed by atoms with Gasteiger partial charge in [0.05, 0.1) is 51.8 Å². The van der Waals surface area contributed by atoms with Crippen LogP contribution in [-0.4, -0.2) is 140 Å². The number of aryl methyl sites for hydroxylation is 1. The van der Waals surface area contributed by atoms with Crippen molar-refractivity contribution in [1.82, 2.24) is 29.9 Å². The number of ether oxygens (including phenoxy) is 2. The van der Waals surface area contributed by atoms with Crippen LogP contribution >= 0.6 is 35.5 Å². The molecule has 484 valence electrons. The van der Waals surface area contributed by atoms with Crippen LogP contribution in [0.25, 0.3) is 21.5 Å². The van der Waals surface area contributed by atoms with E-state index in [1.807, 2.05) is 0 Å². The molecule has 0 fully saturated rings. The minimum absolute atomic E-state index is 0. The molecule has 0 bridgehead atoms. The van der Waals surface area contributed by atoms with Crippen LogP contribution in [0.5, 0.6) is 23.0 Å². The number of sulfone groups is 1. The van der Waals surface area contributed by atoms with Gasteiger partial charge in [0.2, 0.25) is 34.4 Å². The van der Waals surface area contributed by atoms with Gasteiger partial charge in [0, 0.05) is 51.9 Å². The average molecular weight is 1550 g/mol. The van der Waals surface area contributed by atoms with Crippen LogP contribution in [0.2, 0.25) is 10.6 Å². The van der Waals surface area contributed by atoms with Gasteiger partial charge in [-0.2, -0.15) is 47.2 Å². The smallest absolute Gasteiger partial charge is 0.744 e. The Morgan fingerprint density at radius 3 is 1.69 bits per heavy atom. The zero-order chi connectivity index (χ0) is 66.4. The third kappa shape index (κ3) is 23.9. The van der Waals surface area contributed by atoms with Crippen molar-refractivity contribution in [1.29, 1.82) is 0 Å². The zero-order valence-electron chi connectivity index (χ0n) is 51.8. The number of methoxy groups -OCH3 is 2. The number of nitrogens with zero attached hydrogens (tertiary/aromatic N) is 10. The first-order valence-electron chi connectivity index (χ1n) is 24.7. The Bertz CT molecular complexity index is 4870. The molecule has 8 aromatic rings. The van der Waals surface area contributed by atoms with Crippen molar-refractivity contribution in [2.45, 2.75) is 44.2 Å². The summed E-state index contributed by atoms with van der Waals surface area (Å²) in [6, 6.07) is 13.5. The maximum Gasteiger partial charge on any atom is 1.00 e. The van der Waals surface area contributed by atoms with E-state index in [1.54, 1.807) is 0 Å². The quantitative estimate of drug-likeness (QED) is 0.00388. The van der Waals surface area contributed by atoms with E-state index < -0.39 is 127 Å². The average Bonchev–Trinajstić information content (AvgIpc) is 0.747. The summed E-state index contributed by atoms with van der Waals surface area (Å²) in [5, 5.41) is 60.1. The number of anilines is 6. The molecule has 0 spiro atoms. The van der Waals surface area contributed by atoms with Crippen molar-refractivity contribution in [3.05, 3.63) is 88.9 Å². The molecule has 0 amide bonds. The molecule has 0 unspecified atom stereocenters. The summed E-state index contributed by atoms with van der Waals surface area (Å²) in [4.78, 5) is 20.1. The minimum Gasteiger partial charge on any atom is -0.744 e. The first kappa shape index (κ1) is 90.9. The number of benzene rings is 6. The second-order valence-electron chi connectivity index (χ2n) is 18.0. The SMILES string of the molecule is COc1ccc(S(=O)(=O)CCOSOO[O-])cc1N=Nc1[c-]cc2cc(S(=O)(=O)[O-])cc(Nc3nc(Cl)nc(NCCCCNc4nc(Cl)nc(Nc5ccc6c(O)c(N=Nc7cc(C)c(S(=O)(=O)[O-])cc7OC)c(S(=O)(=O)[O-])cc6c5S(=O)(=O)[O-])n4)n3)c2c1O.[Na+].[Na+].[Na+].[Na+].[Na+].[Na+]. The largest absolute Gasteiger partial charge is 1.00 e. The number of hydrogen-bond donors (Lipinski definition) is 6. The zero-order valence-corrected chi connectivity index (χ0v) is 70.2. The number of unbranched alkanes of at least 4 members (excludes halogenated alkanes) is 1. The van der Waals surface area contributed by atoms with Gasteiger partial charge in [0.25, 0.3) is 0 Å².